The molecule has 1 aromatic heterocycles. The second-order valence-electron chi connectivity index (χ2n) is 6.00. The van der Waals surface area contributed by atoms with Crippen LogP contribution in [0.2, 0.25) is 0 Å². The van der Waals surface area contributed by atoms with E-state index in [1.165, 1.54) is 6.07 Å². The number of hydrogen-bond donors (Lipinski definition) is 2. The molecule has 0 aliphatic rings. The van der Waals surface area contributed by atoms with Crippen LogP contribution in [0.25, 0.3) is 5.69 Å². The van der Waals surface area contributed by atoms with Gasteiger partial charge in [0.2, 0.25) is 0 Å². The first-order chi connectivity index (χ1) is 12.9. The summed E-state index contributed by atoms with van der Waals surface area (Å²) in [5, 5.41) is 13.8. The molecule has 0 saturated carbocycles. The fourth-order valence-corrected chi connectivity index (χ4v) is 3.38. The number of rotatable bonds is 4. The minimum absolute atomic E-state index is 0.0743. The van der Waals surface area contributed by atoms with Crippen LogP contribution in [-0.2, 0) is 0 Å². The summed E-state index contributed by atoms with van der Waals surface area (Å²) in [6.07, 6.45) is 1.63. The number of carbonyl (C=O) groups is 1. The lowest BCUT2D eigenvalue weighted by Crippen LogP contribution is -2.17. The molecule has 3 aromatic rings. The molecule has 1 amide bonds. The third-order valence-corrected chi connectivity index (χ3v) is 5.57. The van der Waals surface area contributed by atoms with Gasteiger partial charge in [-0.1, -0.05) is 15.9 Å². The molecule has 0 unspecified atom stereocenters. The van der Waals surface area contributed by atoms with Crippen molar-refractivity contribution in [3.8, 4) is 11.4 Å². The van der Waals surface area contributed by atoms with E-state index in [1.807, 2.05) is 66.8 Å². The Morgan fingerprint density at radius 1 is 1.19 bits per heavy atom. The number of nitrogens with one attached hydrogen (secondary N) is 1. The number of phenols is 1. The second-order valence-corrected chi connectivity index (χ2v) is 8.08. The predicted octanol–water partition coefficient (Wildman–Crippen LogP) is 4.93. The standard InChI is InChI=1S/C20H17BrIN3O2/c1-12-9-15(13(2)25(12)17-6-4-16(21)5-7-17)11-23-24-20(27)14-3-8-18(22)19(26)10-14/h3-11,26H,1-2H3,(H,24,27)/b23-11-. The van der Waals surface area contributed by atoms with Crippen LogP contribution in [0, 0.1) is 17.4 Å². The Balaban J connectivity index is 1.77. The van der Waals surface area contributed by atoms with Crippen molar-refractivity contribution >= 4 is 50.6 Å². The number of amides is 1. The van der Waals surface area contributed by atoms with E-state index in [-0.39, 0.29) is 11.7 Å². The molecule has 2 N–H and O–H groups in total. The molecule has 0 fully saturated rings. The maximum atomic E-state index is 12.2. The number of benzene rings is 2. The highest BCUT2D eigenvalue weighted by Gasteiger charge is 2.10. The summed E-state index contributed by atoms with van der Waals surface area (Å²) in [6.45, 7) is 4.04. The van der Waals surface area contributed by atoms with E-state index < -0.39 is 0 Å². The number of halogens is 2. The first-order valence-electron chi connectivity index (χ1n) is 8.13. The highest BCUT2D eigenvalue weighted by molar-refractivity contribution is 14.1. The number of aromatic hydroxyl groups is 1. The molecule has 0 spiro atoms. The van der Waals surface area contributed by atoms with Gasteiger partial charge < -0.3 is 9.67 Å². The topological polar surface area (TPSA) is 66.6 Å². The fourth-order valence-electron chi connectivity index (χ4n) is 2.78. The van der Waals surface area contributed by atoms with Gasteiger partial charge >= 0.3 is 0 Å². The van der Waals surface area contributed by atoms with E-state index in [4.69, 9.17) is 0 Å². The van der Waals surface area contributed by atoms with Gasteiger partial charge in [0.05, 0.1) is 9.78 Å². The minimum Gasteiger partial charge on any atom is -0.507 e. The molecule has 0 saturated heterocycles. The summed E-state index contributed by atoms with van der Waals surface area (Å²) in [4.78, 5) is 12.2. The number of hydrazone groups is 1. The normalized spacial score (nSPS) is 11.1. The predicted molar refractivity (Wildman–Crippen MR) is 119 cm³/mol. The van der Waals surface area contributed by atoms with Crippen LogP contribution < -0.4 is 5.43 Å². The molecule has 5 nitrogen and oxygen atoms in total. The van der Waals surface area contributed by atoms with Crippen molar-refractivity contribution in [3.05, 3.63) is 79.1 Å². The summed E-state index contributed by atoms with van der Waals surface area (Å²) in [7, 11) is 0. The number of hydrogen-bond acceptors (Lipinski definition) is 3. The monoisotopic (exact) mass is 537 g/mol. The van der Waals surface area contributed by atoms with Gasteiger partial charge in [0.1, 0.15) is 5.75 Å². The molecule has 7 heteroatoms. The Morgan fingerprint density at radius 3 is 2.56 bits per heavy atom. The highest BCUT2D eigenvalue weighted by atomic mass is 127. The van der Waals surface area contributed by atoms with Crippen LogP contribution in [0.1, 0.15) is 27.3 Å². The van der Waals surface area contributed by atoms with Crippen LogP contribution >= 0.6 is 38.5 Å². The molecule has 27 heavy (non-hydrogen) atoms. The largest absolute Gasteiger partial charge is 0.507 e. The SMILES string of the molecule is Cc1cc(/C=N\NC(=O)c2ccc(I)c(O)c2)c(C)n1-c1ccc(Br)cc1. The molecule has 138 valence electrons. The maximum absolute atomic E-state index is 12.2. The van der Waals surface area contributed by atoms with Crippen LogP contribution in [0.5, 0.6) is 5.75 Å². The van der Waals surface area contributed by atoms with Gasteiger partial charge in [0.25, 0.3) is 5.91 Å². The zero-order valence-electron chi connectivity index (χ0n) is 14.7. The lowest BCUT2D eigenvalue weighted by molar-refractivity contribution is 0.0954. The van der Waals surface area contributed by atoms with E-state index in [0.29, 0.717) is 9.13 Å². The van der Waals surface area contributed by atoms with Crippen molar-refractivity contribution in [1.29, 1.82) is 0 Å². The first kappa shape index (κ1) is 19.6. The van der Waals surface area contributed by atoms with Crippen molar-refractivity contribution in [1.82, 2.24) is 9.99 Å². The molecule has 3 rings (SSSR count). The minimum atomic E-state index is -0.375. The molecule has 0 atom stereocenters. The average Bonchev–Trinajstić information content (AvgIpc) is 2.92. The highest BCUT2D eigenvalue weighted by Crippen LogP contribution is 2.22. The molecule has 0 aliphatic heterocycles. The van der Waals surface area contributed by atoms with E-state index in [2.05, 4.69) is 31.0 Å². The Hall–Kier alpha value is -2.13. The van der Waals surface area contributed by atoms with Gasteiger partial charge in [-0.15, -0.1) is 0 Å². The summed E-state index contributed by atoms with van der Waals surface area (Å²) < 4.78 is 3.85. The molecular formula is C20H17BrIN3O2. The molecule has 0 bridgehead atoms. The van der Waals surface area contributed by atoms with E-state index >= 15 is 0 Å². The number of phenolic OH excluding ortho intramolecular Hbond substituents is 1. The van der Waals surface area contributed by atoms with Crippen molar-refractivity contribution in [2.24, 2.45) is 5.10 Å². The van der Waals surface area contributed by atoms with Crippen molar-refractivity contribution in [3.63, 3.8) is 0 Å². The summed E-state index contributed by atoms with van der Waals surface area (Å²) in [6, 6.07) is 14.8. The molecular weight excluding hydrogens is 521 g/mol. The Bertz CT molecular complexity index is 1030. The van der Waals surface area contributed by atoms with Crippen LogP contribution in [0.3, 0.4) is 0 Å². The number of carbonyl (C=O) groups excluding carboxylic acids is 1. The Kier molecular flexibility index (Phi) is 6.01. The van der Waals surface area contributed by atoms with Gasteiger partial charge in [-0.3, -0.25) is 4.79 Å². The van der Waals surface area contributed by atoms with Gasteiger partial charge in [0, 0.05) is 32.7 Å². The van der Waals surface area contributed by atoms with Crippen molar-refractivity contribution in [2.45, 2.75) is 13.8 Å². The fraction of sp³-hybridized carbons (Fsp3) is 0.100. The second kappa shape index (κ2) is 8.26. The van der Waals surface area contributed by atoms with E-state index in [9.17, 15) is 9.90 Å². The quantitative estimate of drug-likeness (QED) is 0.281. The summed E-state index contributed by atoms with van der Waals surface area (Å²) in [5.74, 6) is -0.301. The van der Waals surface area contributed by atoms with Gasteiger partial charge in [-0.05, 0) is 85.0 Å². The van der Waals surface area contributed by atoms with Crippen LogP contribution in [0.4, 0.5) is 0 Å². The average molecular weight is 538 g/mol. The number of aromatic nitrogens is 1. The van der Waals surface area contributed by atoms with Crippen LogP contribution in [0.15, 0.2) is 58.1 Å². The van der Waals surface area contributed by atoms with Gasteiger partial charge in [0.15, 0.2) is 0 Å². The Morgan fingerprint density at radius 2 is 1.89 bits per heavy atom. The number of aryl methyl sites for hydroxylation is 1. The third-order valence-electron chi connectivity index (χ3n) is 4.13. The molecule has 2 aromatic carbocycles. The van der Waals surface area contributed by atoms with Crippen molar-refractivity contribution in [2.75, 3.05) is 0 Å². The number of nitrogens with zero attached hydrogens (tertiary/aromatic N) is 2. The van der Waals surface area contributed by atoms with Crippen LogP contribution in [-0.4, -0.2) is 21.8 Å². The van der Waals surface area contributed by atoms with Gasteiger partial charge in [-0.25, -0.2) is 5.43 Å². The molecule has 0 aliphatic carbocycles. The maximum Gasteiger partial charge on any atom is 0.271 e. The third kappa shape index (κ3) is 4.41. The van der Waals surface area contributed by atoms with Gasteiger partial charge in [-0.2, -0.15) is 5.10 Å². The zero-order valence-corrected chi connectivity index (χ0v) is 18.4. The molecule has 1 heterocycles. The van der Waals surface area contributed by atoms with E-state index in [1.54, 1.807) is 18.3 Å². The lowest BCUT2D eigenvalue weighted by atomic mass is 10.2. The lowest BCUT2D eigenvalue weighted by Gasteiger charge is -2.09. The Labute approximate surface area is 179 Å². The summed E-state index contributed by atoms with van der Waals surface area (Å²) in [5.41, 5.74) is 6.93. The first-order valence-corrected chi connectivity index (χ1v) is 10.0. The van der Waals surface area contributed by atoms with Crippen molar-refractivity contribution < 1.29 is 9.90 Å². The molecule has 0 radical (unpaired) electrons. The van der Waals surface area contributed by atoms with E-state index in [0.717, 1.165) is 27.1 Å². The smallest absolute Gasteiger partial charge is 0.271 e. The zero-order chi connectivity index (χ0) is 19.6. The summed E-state index contributed by atoms with van der Waals surface area (Å²) >= 11 is 5.45.